The van der Waals surface area contributed by atoms with E-state index in [1.165, 1.54) is 34.9 Å². The van der Waals surface area contributed by atoms with Crippen LogP contribution in [0.25, 0.3) is 10.9 Å². The number of H-pyrrole nitrogens is 1. The fourth-order valence-corrected chi connectivity index (χ4v) is 3.08. The maximum absolute atomic E-state index is 5.43. The smallest absolute Gasteiger partial charge is 0.231 e. The number of hydrogen-bond acceptors (Lipinski definition) is 2. The molecule has 22 heavy (non-hydrogen) atoms. The fourth-order valence-electron chi connectivity index (χ4n) is 3.08. The molecule has 1 aromatic heterocycles. The number of hydrogen-bond donors (Lipinski definition) is 1. The summed E-state index contributed by atoms with van der Waals surface area (Å²) >= 11 is 0. The summed E-state index contributed by atoms with van der Waals surface area (Å²) in [4.78, 5) is 3.34. The van der Waals surface area contributed by atoms with Crippen LogP contribution >= 0.6 is 0 Å². The van der Waals surface area contributed by atoms with Crippen LogP contribution in [0.3, 0.4) is 0 Å². The van der Waals surface area contributed by atoms with Crippen molar-refractivity contribution in [2.75, 3.05) is 6.79 Å². The fraction of sp³-hybridized carbons (Fsp3) is 0.263. The van der Waals surface area contributed by atoms with Crippen LogP contribution < -0.4 is 9.47 Å². The normalized spacial score (nSPS) is 12.9. The molecule has 1 aliphatic rings. The lowest BCUT2D eigenvalue weighted by atomic mass is 10.0. The molecule has 0 aliphatic carbocycles. The highest BCUT2D eigenvalue weighted by Crippen LogP contribution is 2.32. The predicted octanol–water partition coefficient (Wildman–Crippen LogP) is 4.46. The van der Waals surface area contributed by atoms with Gasteiger partial charge in [-0.3, -0.25) is 0 Å². The number of para-hydroxylation sites is 1. The van der Waals surface area contributed by atoms with Crippen molar-refractivity contribution in [1.29, 1.82) is 0 Å². The third-order valence-corrected chi connectivity index (χ3v) is 4.27. The molecule has 2 heterocycles. The second-order valence-corrected chi connectivity index (χ2v) is 5.75. The van der Waals surface area contributed by atoms with Crippen molar-refractivity contribution in [1.82, 2.24) is 4.98 Å². The van der Waals surface area contributed by atoms with E-state index in [0.717, 1.165) is 24.3 Å². The van der Waals surface area contributed by atoms with E-state index in [1.807, 2.05) is 6.07 Å². The van der Waals surface area contributed by atoms with Crippen molar-refractivity contribution in [3.63, 3.8) is 0 Å². The lowest BCUT2D eigenvalue weighted by molar-refractivity contribution is 0.174. The summed E-state index contributed by atoms with van der Waals surface area (Å²) in [6.45, 7) is 0.347. The number of benzene rings is 2. The first-order chi connectivity index (χ1) is 10.9. The van der Waals surface area contributed by atoms with Crippen LogP contribution in [0.5, 0.6) is 11.5 Å². The minimum atomic E-state index is 0.347. The van der Waals surface area contributed by atoms with Crippen LogP contribution in [-0.2, 0) is 12.8 Å². The minimum Gasteiger partial charge on any atom is -0.454 e. The first-order valence-corrected chi connectivity index (χ1v) is 7.84. The van der Waals surface area contributed by atoms with Gasteiger partial charge < -0.3 is 14.5 Å². The average Bonchev–Trinajstić information content (AvgIpc) is 3.18. The zero-order chi connectivity index (χ0) is 14.8. The van der Waals surface area contributed by atoms with Gasteiger partial charge in [0.1, 0.15) is 0 Å². The largest absolute Gasteiger partial charge is 0.454 e. The van der Waals surface area contributed by atoms with E-state index in [-0.39, 0.29) is 0 Å². The predicted molar refractivity (Wildman–Crippen MR) is 87.5 cm³/mol. The summed E-state index contributed by atoms with van der Waals surface area (Å²) in [6, 6.07) is 14.8. The lowest BCUT2D eigenvalue weighted by Gasteiger charge is -2.03. The molecule has 0 spiro atoms. The van der Waals surface area contributed by atoms with Gasteiger partial charge in [0.05, 0.1) is 0 Å². The number of unbranched alkanes of at least 4 members (excludes halogenated alkanes) is 1. The molecule has 0 atom stereocenters. The van der Waals surface area contributed by atoms with Crippen LogP contribution in [0, 0.1) is 0 Å². The summed E-state index contributed by atoms with van der Waals surface area (Å²) in [5.41, 5.74) is 3.97. The van der Waals surface area contributed by atoms with Gasteiger partial charge in [-0.25, -0.2) is 0 Å². The van der Waals surface area contributed by atoms with Gasteiger partial charge in [0.2, 0.25) is 6.79 Å². The zero-order valence-corrected chi connectivity index (χ0v) is 12.5. The van der Waals surface area contributed by atoms with Crippen molar-refractivity contribution in [2.45, 2.75) is 25.7 Å². The average molecular weight is 293 g/mol. The Hall–Kier alpha value is -2.42. The Kier molecular flexibility index (Phi) is 3.47. The van der Waals surface area contributed by atoms with E-state index in [1.54, 1.807) is 0 Å². The topological polar surface area (TPSA) is 34.2 Å². The Balaban J connectivity index is 1.34. The zero-order valence-electron chi connectivity index (χ0n) is 12.5. The molecule has 0 saturated heterocycles. The third-order valence-electron chi connectivity index (χ3n) is 4.27. The highest BCUT2D eigenvalue weighted by Gasteiger charge is 2.12. The van der Waals surface area contributed by atoms with Crippen molar-refractivity contribution in [2.24, 2.45) is 0 Å². The summed E-state index contributed by atoms with van der Waals surface area (Å²) in [6.07, 6.45) is 6.72. The molecule has 0 amide bonds. The maximum Gasteiger partial charge on any atom is 0.231 e. The Labute approximate surface area is 129 Å². The summed E-state index contributed by atoms with van der Waals surface area (Å²) < 4.78 is 10.8. The Bertz CT molecular complexity index is 791. The summed E-state index contributed by atoms with van der Waals surface area (Å²) in [5, 5.41) is 1.35. The Morgan fingerprint density at radius 1 is 0.909 bits per heavy atom. The molecule has 0 fully saturated rings. The molecule has 0 bridgehead atoms. The molecule has 1 aliphatic heterocycles. The lowest BCUT2D eigenvalue weighted by Crippen LogP contribution is -1.93. The standard InChI is InChI=1S/C19H19NO2/c1(5-14-9-10-18-19(11-14)22-13-21-18)2-6-15-12-20-17-8-4-3-7-16(15)17/h3-4,7-12,20H,1-2,5-6,13H2. The molecule has 2 aromatic carbocycles. The molecule has 3 aromatic rings. The van der Waals surface area contributed by atoms with E-state index >= 15 is 0 Å². The van der Waals surface area contributed by atoms with Crippen molar-refractivity contribution in [3.05, 3.63) is 59.8 Å². The van der Waals surface area contributed by atoms with Crippen LogP contribution in [-0.4, -0.2) is 11.8 Å². The number of fused-ring (bicyclic) bond motifs is 2. The van der Waals surface area contributed by atoms with Crippen LogP contribution in [0.4, 0.5) is 0 Å². The molecule has 0 unspecified atom stereocenters. The number of aryl methyl sites for hydroxylation is 2. The van der Waals surface area contributed by atoms with Gasteiger partial charge in [0.25, 0.3) is 0 Å². The SMILES string of the molecule is c1ccc2c(CCCCc3ccc4c(c3)OCO4)c[nH]c2c1. The monoisotopic (exact) mass is 293 g/mol. The molecular weight excluding hydrogens is 274 g/mol. The first-order valence-electron chi connectivity index (χ1n) is 7.84. The first kappa shape index (κ1) is 13.3. The molecule has 3 heteroatoms. The minimum absolute atomic E-state index is 0.347. The van der Waals surface area contributed by atoms with Gasteiger partial charge in [-0.15, -0.1) is 0 Å². The van der Waals surface area contributed by atoms with Crippen LogP contribution in [0.15, 0.2) is 48.7 Å². The molecule has 3 nitrogen and oxygen atoms in total. The van der Waals surface area contributed by atoms with E-state index < -0.39 is 0 Å². The van der Waals surface area contributed by atoms with Gasteiger partial charge in [-0.05, 0) is 55.0 Å². The highest BCUT2D eigenvalue weighted by molar-refractivity contribution is 5.82. The van der Waals surface area contributed by atoms with Gasteiger partial charge in [0, 0.05) is 17.1 Å². The molecule has 1 N–H and O–H groups in total. The molecule has 0 radical (unpaired) electrons. The van der Waals surface area contributed by atoms with Gasteiger partial charge in [-0.1, -0.05) is 24.3 Å². The molecule has 4 rings (SSSR count). The number of aromatic nitrogens is 1. The van der Waals surface area contributed by atoms with E-state index in [0.29, 0.717) is 6.79 Å². The van der Waals surface area contributed by atoms with E-state index in [4.69, 9.17) is 9.47 Å². The van der Waals surface area contributed by atoms with E-state index in [9.17, 15) is 0 Å². The second kappa shape index (κ2) is 5.76. The summed E-state index contributed by atoms with van der Waals surface area (Å²) in [7, 11) is 0. The highest BCUT2D eigenvalue weighted by atomic mass is 16.7. The van der Waals surface area contributed by atoms with Gasteiger partial charge in [0.15, 0.2) is 11.5 Å². The Morgan fingerprint density at radius 2 is 1.77 bits per heavy atom. The van der Waals surface area contributed by atoms with Crippen molar-refractivity contribution < 1.29 is 9.47 Å². The number of nitrogens with one attached hydrogen (secondary N) is 1. The van der Waals surface area contributed by atoms with Crippen molar-refractivity contribution >= 4 is 10.9 Å². The van der Waals surface area contributed by atoms with Gasteiger partial charge in [-0.2, -0.15) is 0 Å². The van der Waals surface area contributed by atoms with E-state index in [2.05, 4.69) is 47.6 Å². The third kappa shape index (κ3) is 2.54. The molecular formula is C19H19NO2. The van der Waals surface area contributed by atoms with Crippen LogP contribution in [0.2, 0.25) is 0 Å². The Morgan fingerprint density at radius 3 is 2.77 bits per heavy atom. The van der Waals surface area contributed by atoms with Gasteiger partial charge >= 0.3 is 0 Å². The second-order valence-electron chi connectivity index (χ2n) is 5.75. The van der Waals surface area contributed by atoms with Crippen molar-refractivity contribution in [3.8, 4) is 11.5 Å². The number of rotatable bonds is 5. The number of aromatic amines is 1. The quantitative estimate of drug-likeness (QED) is 0.705. The molecule has 0 saturated carbocycles. The number of ether oxygens (including phenoxy) is 2. The maximum atomic E-state index is 5.43. The summed E-state index contributed by atoms with van der Waals surface area (Å²) in [5.74, 6) is 1.75. The van der Waals surface area contributed by atoms with Crippen LogP contribution in [0.1, 0.15) is 24.0 Å². The molecule has 112 valence electrons.